The fraction of sp³-hybridized carbons (Fsp3) is 0.545. The van der Waals surface area contributed by atoms with Gasteiger partial charge in [0.2, 0.25) is 0 Å². The van der Waals surface area contributed by atoms with Crippen molar-refractivity contribution in [1.29, 1.82) is 0 Å². The highest BCUT2D eigenvalue weighted by molar-refractivity contribution is 7.91. The number of ether oxygens (including phenoxy) is 1. The summed E-state index contributed by atoms with van der Waals surface area (Å²) >= 11 is 0. The molecule has 0 spiro atoms. The van der Waals surface area contributed by atoms with E-state index in [1.807, 2.05) is 6.92 Å². The zero-order valence-electron chi connectivity index (χ0n) is 10.1. The van der Waals surface area contributed by atoms with Gasteiger partial charge in [-0.15, -0.1) is 0 Å². The minimum atomic E-state index is -3.04. The Labute approximate surface area is 106 Å². The SMILES string of the molecule is CCn1cc(N)cc1C(=O)OC1CCS(=O)(=O)C1. The first-order valence-corrected chi connectivity index (χ1v) is 7.60. The van der Waals surface area contributed by atoms with E-state index in [0.29, 0.717) is 24.3 Å². The number of hydrogen-bond donors (Lipinski definition) is 1. The van der Waals surface area contributed by atoms with E-state index >= 15 is 0 Å². The molecule has 1 saturated heterocycles. The molecule has 6 nitrogen and oxygen atoms in total. The summed E-state index contributed by atoms with van der Waals surface area (Å²) in [6, 6.07) is 1.54. The second-order valence-corrected chi connectivity index (χ2v) is 6.60. The summed E-state index contributed by atoms with van der Waals surface area (Å²) < 4.78 is 29.4. The van der Waals surface area contributed by atoms with E-state index in [4.69, 9.17) is 10.5 Å². The molecule has 7 heteroatoms. The molecule has 0 saturated carbocycles. The summed E-state index contributed by atoms with van der Waals surface area (Å²) in [5, 5.41) is 0. The smallest absolute Gasteiger partial charge is 0.355 e. The van der Waals surface area contributed by atoms with Crippen LogP contribution in [-0.4, -0.2) is 36.6 Å². The predicted octanol–water partition coefficient (Wildman–Crippen LogP) is 0.434. The number of carbonyl (C=O) groups is 1. The quantitative estimate of drug-likeness (QED) is 0.806. The molecule has 18 heavy (non-hydrogen) atoms. The van der Waals surface area contributed by atoms with Crippen LogP contribution < -0.4 is 5.73 Å². The van der Waals surface area contributed by atoms with Crippen LogP contribution in [0.3, 0.4) is 0 Å². The topological polar surface area (TPSA) is 91.4 Å². The van der Waals surface area contributed by atoms with Gasteiger partial charge in [0.15, 0.2) is 9.84 Å². The minimum absolute atomic E-state index is 0.0823. The van der Waals surface area contributed by atoms with Gasteiger partial charge in [0.1, 0.15) is 11.8 Å². The molecule has 1 atom stereocenters. The third-order valence-corrected chi connectivity index (χ3v) is 4.67. The first-order valence-electron chi connectivity index (χ1n) is 5.78. The lowest BCUT2D eigenvalue weighted by Crippen LogP contribution is -2.21. The lowest BCUT2D eigenvalue weighted by molar-refractivity contribution is 0.0344. The molecular weight excluding hydrogens is 256 g/mol. The Bertz CT molecular complexity index is 562. The number of nitrogen functional groups attached to an aromatic ring is 1. The van der Waals surface area contributed by atoms with Crippen molar-refractivity contribution in [3.63, 3.8) is 0 Å². The number of esters is 1. The summed E-state index contributed by atoms with van der Waals surface area (Å²) in [4.78, 5) is 11.9. The molecule has 1 aliphatic rings. The zero-order valence-corrected chi connectivity index (χ0v) is 10.9. The largest absolute Gasteiger partial charge is 0.457 e. The fourth-order valence-electron chi connectivity index (χ4n) is 2.03. The Balaban J connectivity index is 2.08. The maximum Gasteiger partial charge on any atom is 0.355 e. The second kappa shape index (κ2) is 4.64. The Morgan fingerprint density at radius 2 is 2.33 bits per heavy atom. The zero-order chi connectivity index (χ0) is 13.3. The number of aromatic nitrogens is 1. The number of carbonyl (C=O) groups excluding carboxylic acids is 1. The molecule has 1 fully saturated rings. The van der Waals surface area contributed by atoms with Gasteiger partial charge in [0.25, 0.3) is 0 Å². The van der Waals surface area contributed by atoms with E-state index in [1.54, 1.807) is 10.8 Å². The van der Waals surface area contributed by atoms with Crippen molar-refractivity contribution in [2.24, 2.45) is 0 Å². The summed E-state index contributed by atoms with van der Waals surface area (Å²) in [6.45, 7) is 2.49. The van der Waals surface area contributed by atoms with Crippen molar-refractivity contribution in [3.8, 4) is 0 Å². The minimum Gasteiger partial charge on any atom is -0.457 e. The molecule has 1 aromatic heterocycles. The van der Waals surface area contributed by atoms with Crippen LogP contribution >= 0.6 is 0 Å². The number of nitrogens with zero attached hydrogens (tertiary/aromatic N) is 1. The van der Waals surface area contributed by atoms with Crippen LogP contribution in [0.15, 0.2) is 12.3 Å². The standard InChI is InChI=1S/C11H16N2O4S/c1-2-13-6-8(12)5-10(13)11(14)17-9-3-4-18(15,16)7-9/h5-6,9H,2-4,7,12H2,1H3. The number of hydrogen-bond acceptors (Lipinski definition) is 5. The maximum absolute atomic E-state index is 11.9. The lowest BCUT2D eigenvalue weighted by Gasteiger charge is -2.11. The average Bonchev–Trinajstić information content (AvgIpc) is 2.81. The van der Waals surface area contributed by atoms with Crippen LogP contribution in [0.4, 0.5) is 5.69 Å². The molecule has 2 rings (SSSR count). The number of aryl methyl sites for hydroxylation is 1. The van der Waals surface area contributed by atoms with Crippen LogP contribution in [0.5, 0.6) is 0 Å². The van der Waals surface area contributed by atoms with Crippen molar-refractivity contribution >= 4 is 21.5 Å². The van der Waals surface area contributed by atoms with Gasteiger partial charge in [-0.25, -0.2) is 13.2 Å². The highest BCUT2D eigenvalue weighted by Gasteiger charge is 2.31. The number of sulfone groups is 1. The van der Waals surface area contributed by atoms with Gasteiger partial charge in [-0.1, -0.05) is 0 Å². The third kappa shape index (κ3) is 2.66. The van der Waals surface area contributed by atoms with E-state index < -0.39 is 21.9 Å². The van der Waals surface area contributed by atoms with E-state index in [1.165, 1.54) is 6.07 Å². The van der Waals surface area contributed by atoms with Crippen LogP contribution in [-0.2, 0) is 21.1 Å². The molecule has 0 amide bonds. The van der Waals surface area contributed by atoms with Crippen LogP contribution in [0.25, 0.3) is 0 Å². The Kier molecular flexibility index (Phi) is 3.34. The van der Waals surface area contributed by atoms with Crippen molar-refractivity contribution in [2.75, 3.05) is 17.2 Å². The van der Waals surface area contributed by atoms with Gasteiger partial charge in [0, 0.05) is 12.7 Å². The van der Waals surface area contributed by atoms with E-state index in [2.05, 4.69) is 0 Å². The molecule has 100 valence electrons. The predicted molar refractivity (Wildman–Crippen MR) is 67.0 cm³/mol. The first kappa shape index (κ1) is 12.9. The fourth-order valence-corrected chi connectivity index (χ4v) is 3.62. The maximum atomic E-state index is 11.9. The summed E-state index contributed by atoms with van der Waals surface area (Å²) in [7, 11) is -3.04. The van der Waals surface area contributed by atoms with Gasteiger partial charge in [-0.2, -0.15) is 0 Å². The number of rotatable bonds is 3. The monoisotopic (exact) mass is 272 g/mol. The van der Waals surface area contributed by atoms with Crippen molar-refractivity contribution < 1.29 is 17.9 Å². The summed E-state index contributed by atoms with van der Waals surface area (Å²) in [5.74, 6) is -0.515. The second-order valence-electron chi connectivity index (χ2n) is 4.38. The molecule has 0 aromatic carbocycles. The van der Waals surface area contributed by atoms with Crippen molar-refractivity contribution in [3.05, 3.63) is 18.0 Å². The van der Waals surface area contributed by atoms with Gasteiger partial charge < -0.3 is 15.0 Å². The molecule has 0 bridgehead atoms. The molecule has 2 heterocycles. The molecule has 0 aliphatic carbocycles. The molecule has 1 aromatic rings. The first-order chi connectivity index (χ1) is 8.41. The molecular formula is C11H16N2O4S. The van der Waals surface area contributed by atoms with Crippen LogP contribution in [0.2, 0.25) is 0 Å². The van der Waals surface area contributed by atoms with E-state index in [0.717, 1.165) is 0 Å². The third-order valence-electron chi connectivity index (χ3n) is 2.93. The summed E-state index contributed by atoms with van der Waals surface area (Å²) in [5.41, 5.74) is 6.47. The Morgan fingerprint density at radius 3 is 2.89 bits per heavy atom. The molecule has 1 unspecified atom stereocenters. The summed E-state index contributed by atoms with van der Waals surface area (Å²) in [6.07, 6.45) is 1.49. The molecule has 2 N–H and O–H groups in total. The number of nitrogens with two attached hydrogens (primary N) is 1. The number of anilines is 1. The normalized spacial score (nSPS) is 21.9. The Morgan fingerprint density at radius 1 is 1.61 bits per heavy atom. The highest BCUT2D eigenvalue weighted by Crippen LogP contribution is 2.18. The van der Waals surface area contributed by atoms with Gasteiger partial charge in [-0.3, -0.25) is 0 Å². The van der Waals surface area contributed by atoms with Crippen LogP contribution in [0.1, 0.15) is 23.8 Å². The average molecular weight is 272 g/mol. The Hall–Kier alpha value is -1.50. The lowest BCUT2D eigenvalue weighted by atomic mass is 10.3. The van der Waals surface area contributed by atoms with Crippen molar-refractivity contribution in [2.45, 2.75) is 26.0 Å². The van der Waals surface area contributed by atoms with Gasteiger partial charge in [0.05, 0.1) is 17.2 Å². The van der Waals surface area contributed by atoms with Crippen molar-refractivity contribution in [1.82, 2.24) is 4.57 Å². The van der Waals surface area contributed by atoms with E-state index in [-0.39, 0.29) is 11.5 Å². The molecule has 0 radical (unpaired) electrons. The van der Waals surface area contributed by atoms with E-state index in [9.17, 15) is 13.2 Å². The van der Waals surface area contributed by atoms with Crippen LogP contribution in [0, 0.1) is 0 Å². The van der Waals surface area contributed by atoms with Gasteiger partial charge in [-0.05, 0) is 19.4 Å². The van der Waals surface area contributed by atoms with Gasteiger partial charge >= 0.3 is 5.97 Å². The molecule has 1 aliphatic heterocycles. The highest BCUT2D eigenvalue weighted by atomic mass is 32.2.